The summed E-state index contributed by atoms with van der Waals surface area (Å²) in [5, 5.41) is 2.98. The largest absolute Gasteiger partial charge is 0.437 e. The maximum absolute atomic E-state index is 14.1. The van der Waals surface area contributed by atoms with Gasteiger partial charge in [0, 0.05) is 31.9 Å². The summed E-state index contributed by atoms with van der Waals surface area (Å²) in [6, 6.07) is 17.8. The summed E-state index contributed by atoms with van der Waals surface area (Å²) in [6.45, 7) is 6.10. The number of pyridine rings is 1. The van der Waals surface area contributed by atoms with E-state index in [0.717, 1.165) is 17.7 Å². The maximum atomic E-state index is 14.1. The van der Waals surface area contributed by atoms with Crippen molar-refractivity contribution in [2.75, 3.05) is 36.4 Å². The van der Waals surface area contributed by atoms with Crippen LogP contribution in [0.25, 0.3) is 0 Å². The van der Waals surface area contributed by atoms with Gasteiger partial charge in [0.05, 0.1) is 5.69 Å². The smallest absolute Gasteiger partial charge is 0.322 e. The summed E-state index contributed by atoms with van der Waals surface area (Å²) in [7, 11) is 0. The van der Waals surface area contributed by atoms with Crippen LogP contribution >= 0.6 is 0 Å². The monoisotopic (exact) mass is 434 g/mol. The van der Waals surface area contributed by atoms with E-state index in [2.05, 4.69) is 17.2 Å². The zero-order chi connectivity index (χ0) is 22.5. The Labute approximate surface area is 187 Å². The van der Waals surface area contributed by atoms with Crippen LogP contribution in [0.3, 0.4) is 0 Å². The van der Waals surface area contributed by atoms with Gasteiger partial charge in [-0.2, -0.15) is 0 Å². The number of anilines is 2. The molecular formula is C25H27FN4O2. The number of aryl methyl sites for hydroxylation is 2. The zero-order valence-electron chi connectivity index (χ0n) is 18.3. The lowest BCUT2D eigenvalue weighted by Crippen LogP contribution is -2.50. The Bertz CT molecular complexity index is 1080. The van der Waals surface area contributed by atoms with Gasteiger partial charge >= 0.3 is 6.03 Å². The highest BCUT2D eigenvalue weighted by molar-refractivity contribution is 5.91. The van der Waals surface area contributed by atoms with Crippen LogP contribution < -0.4 is 15.0 Å². The van der Waals surface area contributed by atoms with Crippen molar-refractivity contribution in [3.8, 4) is 11.6 Å². The van der Waals surface area contributed by atoms with Crippen molar-refractivity contribution < 1.29 is 13.9 Å². The lowest BCUT2D eigenvalue weighted by molar-refractivity contribution is 0.208. The molecular weight excluding hydrogens is 407 g/mol. The van der Waals surface area contributed by atoms with E-state index < -0.39 is 0 Å². The Kier molecular flexibility index (Phi) is 6.54. The first kappa shape index (κ1) is 21.6. The number of carbonyl (C=O) groups is 1. The zero-order valence-corrected chi connectivity index (χ0v) is 18.3. The molecule has 2 aromatic carbocycles. The van der Waals surface area contributed by atoms with Gasteiger partial charge in [-0.15, -0.1) is 0 Å². The highest BCUT2D eigenvalue weighted by atomic mass is 19.1. The molecule has 6 nitrogen and oxygen atoms in total. The van der Waals surface area contributed by atoms with Crippen molar-refractivity contribution >= 4 is 17.4 Å². The Morgan fingerprint density at radius 3 is 2.44 bits per heavy atom. The quantitative estimate of drug-likeness (QED) is 0.597. The molecule has 7 heteroatoms. The van der Waals surface area contributed by atoms with Gasteiger partial charge in [0.2, 0.25) is 5.88 Å². The maximum Gasteiger partial charge on any atom is 0.322 e. The number of nitrogens with one attached hydrogen (secondary N) is 1. The third-order valence-electron chi connectivity index (χ3n) is 5.62. The van der Waals surface area contributed by atoms with E-state index >= 15 is 0 Å². The molecule has 1 N–H and O–H groups in total. The number of hydrogen-bond acceptors (Lipinski definition) is 4. The number of benzene rings is 2. The van der Waals surface area contributed by atoms with Crippen LogP contribution in [-0.4, -0.2) is 42.1 Å². The number of para-hydroxylation sites is 2. The van der Waals surface area contributed by atoms with Crippen LogP contribution in [0.1, 0.15) is 18.2 Å². The molecule has 166 valence electrons. The minimum absolute atomic E-state index is 0.219. The number of carbonyl (C=O) groups excluding carboxylic acids is 1. The first-order valence-electron chi connectivity index (χ1n) is 10.8. The van der Waals surface area contributed by atoms with Crippen LogP contribution in [0.15, 0.2) is 60.7 Å². The van der Waals surface area contributed by atoms with Gasteiger partial charge in [0.25, 0.3) is 0 Å². The number of nitrogens with zero attached hydrogens (tertiary/aromatic N) is 3. The van der Waals surface area contributed by atoms with E-state index in [4.69, 9.17) is 4.74 Å². The lowest BCUT2D eigenvalue weighted by Gasteiger charge is -2.36. The van der Waals surface area contributed by atoms with Crippen LogP contribution in [0, 0.1) is 12.7 Å². The average molecular weight is 435 g/mol. The summed E-state index contributed by atoms with van der Waals surface area (Å²) in [5.41, 5.74) is 3.03. The predicted molar refractivity (Wildman–Crippen MR) is 124 cm³/mol. The molecule has 32 heavy (non-hydrogen) atoms. The topological polar surface area (TPSA) is 57.7 Å². The third-order valence-corrected chi connectivity index (χ3v) is 5.62. The van der Waals surface area contributed by atoms with Crippen LogP contribution in [-0.2, 0) is 6.42 Å². The Morgan fingerprint density at radius 2 is 1.75 bits per heavy atom. The van der Waals surface area contributed by atoms with Crippen LogP contribution in [0.4, 0.5) is 20.6 Å². The second kappa shape index (κ2) is 9.68. The molecule has 0 spiro atoms. The molecule has 1 fully saturated rings. The van der Waals surface area contributed by atoms with E-state index in [1.165, 1.54) is 6.07 Å². The number of piperazine rings is 1. The van der Waals surface area contributed by atoms with Crippen molar-refractivity contribution in [2.24, 2.45) is 0 Å². The number of aromatic nitrogens is 1. The van der Waals surface area contributed by atoms with Gasteiger partial charge in [-0.05, 0) is 49.2 Å². The van der Waals surface area contributed by atoms with Crippen molar-refractivity contribution in [1.82, 2.24) is 9.88 Å². The molecule has 1 aliphatic heterocycles. The summed E-state index contributed by atoms with van der Waals surface area (Å²) in [6.07, 6.45) is 0.800. The normalized spacial score (nSPS) is 13.7. The molecule has 0 aliphatic carbocycles. The second-order valence-electron chi connectivity index (χ2n) is 7.71. The summed E-state index contributed by atoms with van der Waals surface area (Å²) in [4.78, 5) is 21.3. The highest BCUT2D eigenvalue weighted by Crippen LogP contribution is 2.30. The second-order valence-corrected chi connectivity index (χ2v) is 7.71. The van der Waals surface area contributed by atoms with Gasteiger partial charge in [0.1, 0.15) is 17.3 Å². The summed E-state index contributed by atoms with van der Waals surface area (Å²) in [5.74, 6) is 0.771. The molecule has 2 amide bonds. The van der Waals surface area contributed by atoms with Gasteiger partial charge in [-0.1, -0.05) is 37.3 Å². The standard InChI is InChI=1S/C25H27FN4O2/c1-3-19-17-22(24(27-18(19)2)32-20-9-5-4-6-10-20)28-25(31)30-15-13-29(14-16-30)23-12-8-7-11-21(23)26/h4-12,17H,3,13-16H2,1-2H3,(H,28,31). The predicted octanol–water partition coefficient (Wildman–Crippen LogP) is 5.24. The number of rotatable bonds is 5. The van der Waals surface area contributed by atoms with Crippen LogP contribution in [0.2, 0.25) is 0 Å². The summed E-state index contributed by atoms with van der Waals surface area (Å²) >= 11 is 0. The fourth-order valence-electron chi connectivity index (χ4n) is 3.80. The number of halogens is 1. The fraction of sp³-hybridized carbons (Fsp3) is 0.280. The SMILES string of the molecule is CCc1cc(NC(=O)N2CCN(c3ccccc3F)CC2)c(Oc2ccccc2)nc1C. The van der Waals surface area contributed by atoms with Gasteiger partial charge in [0.15, 0.2) is 0 Å². The van der Waals surface area contributed by atoms with Crippen molar-refractivity contribution in [2.45, 2.75) is 20.3 Å². The van der Waals surface area contributed by atoms with Gasteiger partial charge in [-0.25, -0.2) is 14.2 Å². The van der Waals surface area contributed by atoms with Gasteiger partial charge < -0.3 is 19.9 Å². The molecule has 0 radical (unpaired) electrons. The highest BCUT2D eigenvalue weighted by Gasteiger charge is 2.24. The van der Waals surface area contributed by atoms with Crippen molar-refractivity contribution in [3.63, 3.8) is 0 Å². The number of ether oxygens (including phenoxy) is 1. The first-order chi connectivity index (χ1) is 15.5. The fourth-order valence-corrected chi connectivity index (χ4v) is 3.80. The third kappa shape index (κ3) is 4.82. The van der Waals surface area contributed by atoms with Crippen molar-refractivity contribution in [3.05, 3.63) is 77.7 Å². The molecule has 1 aromatic heterocycles. The molecule has 3 aromatic rings. The van der Waals surface area contributed by atoms with E-state index in [0.29, 0.717) is 49.2 Å². The minimum atomic E-state index is -0.245. The van der Waals surface area contributed by atoms with Crippen LogP contribution in [0.5, 0.6) is 11.6 Å². The van der Waals surface area contributed by atoms with E-state index in [9.17, 15) is 9.18 Å². The summed E-state index contributed by atoms with van der Waals surface area (Å²) < 4.78 is 20.1. The van der Waals surface area contributed by atoms with E-state index in [-0.39, 0.29) is 11.8 Å². The number of amides is 2. The molecule has 2 heterocycles. The molecule has 1 saturated heterocycles. The number of hydrogen-bond donors (Lipinski definition) is 1. The molecule has 0 saturated carbocycles. The van der Waals surface area contributed by atoms with E-state index in [1.807, 2.05) is 54.3 Å². The Morgan fingerprint density at radius 1 is 1.06 bits per heavy atom. The number of urea groups is 1. The Balaban J connectivity index is 1.47. The molecule has 4 rings (SSSR count). The van der Waals surface area contributed by atoms with Gasteiger partial charge in [-0.3, -0.25) is 0 Å². The average Bonchev–Trinajstić information content (AvgIpc) is 2.82. The minimum Gasteiger partial charge on any atom is -0.437 e. The van der Waals surface area contributed by atoms with E-state index in [1.54, 1.807) is 17.0 Å². The molecule has 1 aliphatic rings. The first-order valence-corrected chi connectivity index (χ1v) is 10.8. The molecule has 0 unspecified atom stereocenters. The lowest BCUT2D eigenvalue weighted by atomic mass is 10.1. The molecule has 0 bridgehead atoms. The Hall–Kier alpha value is -3.61. The van der Waals surface area contributed by atoms with Crippen molar-refractivity contribution in [1.29, 1.82) is 0 Å². The molecule has 0 atom stereocenters.